The zero-order valence-electron chi connectivity index (χ0n) is 10.8. The van der Waals surface area contributed by atoms with Crippen LogP contribution in [-0.2, 0) is 26.3 Å². The molecule has 1 rings (SSSR count). The van der Waals surface area contributed by atoms with E-state index in [1.165, 1.54) is 0 Å². The van der Waals surface area contributed by atoms with Crippen molar-refractivity contribution in [2.24, 2.45) is 0 Å². The summed E-state index contributed by atoms with van der Waals surface area (Å²) in [5, 5.41) is 6.70. The molecule has 1 heterocycles. The molecule has 0 aliphatic heterocycles. The van der Waals surface area contributed by atoms with Gasteiger partial charge < -0.3 is 4.42 Å². The van der Waals surface area contributed by atoms with Crippen molar-refractivity contribution in [2.75, 3.05) is 19.1 Å². The molecule has 0 radical (unpaired) electrons. The lowest BCUT2D eigenvalue weighted by Crippen LogP contribution is -2.22. The molecule has 0 bridgehead atoms. The first-order valence-electron chi connectivity index (χ1n) is 5.65. The molecular weight excluding hydrogens is 294 g/mol. The fourth-order valence-corrected chi connectivity index (χ4v) is 2.28. The molecule has 8 nitrogen and oxygen atoms in total. The Morgan fingerprint density at radius 2 is 1.74 bits per heavy atom. The van der Waals surface area contributed by atoms with Crippen molar-refractivity contribution in [1.82, 2.24) is 14.9 Å². The van der Waals surface area contributed by atoms with Crippen molar-refractivity contribution in [3.05, 3.63) is 5.89 Å². The zero-order valence-corrected chi connectivity index (χ0v) is 12.4. The number of hydrogen-bond donors (Lipinski definition) is 1. The van der Waals surface area contributed by atoms with Crippen LogP contribution in [0.15, 0.2) is 9.64 Å². The van der Waals surface area contributed by atoms with Crippen LogP contribution in [0.5, 0.6) is 0 Å². The van der Waals surface area contributed by atoms with Crippen molar-refractivity contribution < 1.29 is 21.3 Å². The minimum absolute atomic E-state index is 0.275. The highest BCUT2D eigenvalue weighted by Gasteiger charge is 2.15. The molecule has 0 saturated heterocycles. The average molecular weight is 311 g/mol. The maximum atomic E-state index is 11.1. The molecule has 0 saturated carbocycles. The van der Waals surface area contributed by atoms with Crippen LogP contribution in [0.25, 0.3) is 0 Å². The molecule has 1 aromatic rings. The van der Waals surface area contributed by atoms with E-state index in [-0.39, 0.29) is 11.1 Å². The van der Waals surface area contributed by atoms with Crippen molar-refractivity contribution in [3.63, 3.8) is 0 Å². The van der Waals surface area contributed by atoms with E-state index < -0.39 is 19.9 Å². The molecule has 0 fully saturated rings. The Morgan fingerprint density at radius 1 is 1.05 bits per heavy atom. The quantitative estimate of drug-likeness (QED) is 0.656. The van der Waals surface area contributed by atoms with Crippen LogP contribution in [0.4, 0.5) is 0 Å². The van der Waals surface area contributed by atoms with Crippen molar-refractivity contribution in [3.8, 4) is 0 Å². The molecular formula is C9H17N3O5S2. The number of aryl methyl sites for hydroxylation is 1. The first-order valence-corrected chi connectivity index (χ1v) is 9.44. The van der Waals surface area contributed by atoms with Gasteiger partial charge in [0.1, 0.15) is 0 Å². The summed E-state index contributed by atoms with van der Waals surface area (Å²) in [5.74, 6) is 0.275. The second-order valence-corrected chi connectivity index (χ2v) is 7.94. The number of rotatable bonds is 8. The monoisotopic (exact) mass is 311 g/mol. The summed E-state index contributed by atoms with van der Waals surface area (Å²) in [4.78, 5) is 0. The van der Waals surface area contributed by atoms with Gasteiger partial charge in [-0.2, -0.15) is 0 Å². The molecule has 110 valence electrons. The smallest absolute Gasteiger partial charge is 0.335 e. The average Bonchev–Trinajstić information content (AvgIpc) is 2.69. The Hall–Kier alpha value is -1.00. The molecule has 1 N–H and O–H groups in total. The van der Waals surface area contributed by atoms with Crippen LogP contribution < -0.4 is 4.72 Å². The Bertz CT molecular complexity index is 606. The minimum atomic E-state index is -3.45. The summed E-state index contributed by atoms with van der Waals surface area (Å²) in [5.41, 5.74) is 0. The minimum Gasteiger partial charge on any atom is -0.413 e. The fourth-order valence-electron chi connectivity index (χ4n) is 1.32. The number of nitrogens with one attached hydrogen (secondary N) is 1. The topological polar surface area (TPSA) is 119 Å². The van der Waals surface area contributed by atoms with Gasteiger partial charge in [-0.3, -0.25) is 0 Å². The summed E-state index contributed by atoms with van der Waals surface area (Å²) in [7, 11) is -6.59. The van der Waals surface area contributed by atoms with Crippen LogP contribution in [-0.4, -0.2) is 46.1 Å². The molecule has 0 amide bonds. The Morgan fingerprint density at radius 3 is 2.26 bits per heavy atom. The standard InChI is InChI=1S/C9H17N3O5S2/c1-18(13,14)9-12-11-8(17-9)6-4-3-5-7-10-19(2,15)16/h10H,3-7H2,1-2H3. The van der Waals surface area contributed by atoms with E-state index in [9.17, 15) is 16.8 Å². The molecule has 0 aliphatic carbocycles. The zero-order chi connectivity index (χ0) is 14.5. The third kappa shape index (κ3) is 6.64. The van der Waals surface area contributed by atoms with E-state index in [1.807, 2.05) is 0 Å². The van der Waals surface area contributed by atoms with E-state index in [0.29, 0.717) is 19.4 Å². The van der Waals surface area contributed by atoms with Gasteiger partial charge in [-0.15, -0.1) is 5.10 Å². The number of unbranched alkanes of at least 4 members (excludes halogenated alkanes) is 2. The van der Waals surface area contributed by atoms with Gasteiger partial charge in [0.05, 0.1) is 6.26 Å². The first kappa shape index (κ1) is 16.1. The molecule has 10 heteroatoms. The number of sulfonamides is 1. The van der Waals surface area contributed by atoms with Crippen LogP contribution in [0, 0.1) is 0 Å². The largest absolute Gasteiger partial charge is 0.413 e. The van der Waals surface area contributed by atoms with Gasteiger partial charge in [-0.05, 0) is 12.8 Å². The van der Waals surface area contributed by atoms with E-state index in [0.717, 1.165) is 25.4 Å². The molecule has 19 heavy (non-hydrogen) atoms. The van der Waals surface area contributed by atoms with Gasteiger partial charge in [0, 0.05) is 19.2 Å². The lowest BCUT2D eigenvalue weighted by molar-refractivity contribution is 0.392. The highest BCUT2D eigenvalue weighted by Crippen LogP contribution is 2.09. The van der Waals surface area contributed by atoms with E-state index in [1.54, 1.807) is 0 Å². The van der Waals surface area contributed by atoms with E-state index in [4.69, 9.17) is 4.42 Å². The fraction of sp³-hybridized carbons (Fsp3) is 0.778. The highest BCUT2D eigenvalue weighted by molar-refractivity contribution is 7.90. The number of nitrogens with zero attached hydrogens (tertiary/aromatic N) is 2. The lowest BCUT2D eigenvalue weighted by Gasteiger charge is -2.00. The van der Waals surface area contributed by atoms with Gasteiger partial charge in [-0.25, -0.2) is 21.6 Å². The molecule has 0 aromatic carbocycles. The van der Waals surface area contributed by atoms with Gasteiger partial charge in [0.25, 0.3) is 0 Å². The molecule has 1 aromatic heterocycles. The second-order valence-electron chi connectivity index (χ2n) is 4.21. The van der Waals surface area contributed by atoms with Gasteiger partial charge >= 0.3 is 5.22 Å². The summed E-state index contributed by atoms with van der Waals surface area (Å²) >= 11 is 0. The summed E-state index contributed by atoms with van der Waals surface area (Å²) < 4.78 is 51.1. The third-order valence-electron chi connectivity index (χ3n) is 2.20. The maximum Gasteiger partial charge on any atom is 0.335 e. The summed E-state index contributed by atoms with van der Waals surface area (Å²) in [6.45, 7) is 0.386. The Kier molecular flexibility index (Phi) is 5.44. The number of sulfone groups is 1. The molecule has 0 aliphatic rings. The predicted molar refractivity (Wildman–Crippen MR) is 67.8 cm³/mol. The van der Waals surface area contributed by atoms with Crippen LogP contribution in [0.1, 0.15) is 25.2 Å². The van der Waals surface area contributed by atoms with Crippen molar-refractivity contribution in [2.45, 2.75) is 30.9 Å². The summed E-state index contributed by atoms with van der Waals surface area (Å²) in [6.07, 6.45) is 4.77. The summed E-state index contributed by atoms with van der Waals surface area (Å²) in [6, 6.07) is 0. The van der Waals surface area contributed by atoms with Crippen molar-refractivity contribution >= 4 is 19.9 Å². The number of aromatic nitrogens is 2. The first-order chi connectivity index (χ1) is 8.68. The van der Waals surface area contributed by atoms with Gasteiger partial charge in [0.2, 0.25) is 25.8 Å². The van der Waals surface area contributed by atoms with Gasteiger partial charge in [0.15, 0.2) is 0 Å². The maximum absolute atomic E-state index is 11.1. The second kappa shape index (κ2) is 6.44. The third-order valence-corrected chi connectivity index (χ3v) is 3.73. The van der Waals surface area contributed by atoms with E-state index >= 15 is 0 Å². The van der Waals surface area contributed by atoms with Gasteiger partial charge in [-0.1, -0.05) is 11.5 Å². The molecule has 0 atom stereocenters. The SMILES string of the molecule is CS(=O)(=O)NCCCCCc1nnc(S(C)(=O)=O)o1. The van der Waals surface area contributed by atoms with Crippen LogP contribution in [0.3, 0.4) is 0 Å². The highest BCUT2D eigenvalue weighted by atomic mass is 32.2. The Balaban J connectivity index is 2.25. The Labute approximate surface area is 112 Å². The van der Waals surface area contributed by atoms with Crippen LogP contribution in [0.2, 0.25) is 0 Å². The van der Waals surface area contributed by atoms with Crippen LogP contribution >= 0.6 is 0 Å². The normalized spacial score (nSPS) is 12.7. The van der Waals surface area contributed by atoms with Crippen molar-refractivity contribution in [1.29, 1.82) is 0 Å². The lowest BCUT2D eigenvalue weighted by atomic mass is 10.2. The molecule has 0 unspecified atom stereocenters. The predicted octanol–water partition coefficient (Wildman–Crippen LogP) is -0.265. The molecule has 0 spiro atoms. The number of hydrogen-bond acceptors (Lipinski definition) is 7. The van der Waals surface area contributed by atoms with E-state index in [2.05, 4.69) is 14.9 Å².